The zero-order valence-electron chi connectivity index (χ0n) is 11.4. The molecule has 102 valence electrons. The third-order valence-corrected chi connectivity index (χ3v) is 3.36. The molecule has 0 fully saturated rings. The van der Waals surface area contributed by atoms with Gasteiger partial charge in [-0.15, -0.1) is 0 Å². The largest absolute Gasteiger partial charge is 0.348 e. The van der Waals surface area contributed by atoms with E-state index in [-0.39, 0.29) is 5.54 Å². The molecule has 0 aliphatic heterocycles. The Labute approximate surface area is 113 Å². The summed E-state index contributed by atoms with van der Waals surface area (Å²) in [5, 5.41) is 15.2. The highest BCUT2D eigenvalue weighted by Gasteiger charge is 2.23. The lowest BCUT2D eigenvalue weighted by molar-refractivity contribution is 0.458. The van der Waals surface area contributed by atoms with E-state index in [2.05, 4.69) is 34.7 Å². The van der Waals surface area contributed by atoms with Gasteiger partial charge in [-0.3, -0.25) is 0 Å². The minimum atomic E-state index is -0.101. The molecule has 0 aliphatic carbocycles. The van der Waals surface area contributed by atoms with Gasteiger partial charge in [0.25, 0.3) is 0 Å². The lowest BCUT2D eigenvalue weighted by atomic mass is 9.95. The van der Waals surface area contributed by atoms with E-state index in [0.717, 1.165) is 18.5 Å². The summed E-state index contributed by atoms with van der Waals surface area (Å²) in [6.45, 7) is 4.88. The van der Waals surface area contributed by atoms with E-state index in [1.807, 2.05) is 30.3 Å². The average Bonchev–Trinajstić information content (AvgIpc) is 2.88. The Morgan fingerprint density at radius 2 is 2.05 bits per heavy atom. The van der Waals surface area contributed by atoms with Crippen molar-refractivity contribution in [1.82, 2.24) is 20.2 Å². The average molecular weight is 260 g/mol. The van der Waals surface area contributed by atoms with Gasteiger partial charge in [-0.2, -0.15) is 4.68 Å². The summed E-state index contributed by atoms with van der Waals surface area (Å²) in [4.78, 5) is 0. The van der Waals surface area contributed by atoms with Gasteiger partial charge in [-0.1, -0.05) is 30.2 Å². The number of hydrogen-bond donors (Lipinski definition) is 2. The van der Waals surface area contributed by atoms with Gasteiger partial charge in [0.15, 0.2) is 0 Å². The maximum Gasteiger partial charge on any atom is 0.248 e. The van der Waals surface area contributed by atoms with E-state index in [4.69, 9.17) is 5.73 Å². The Morgan fingerprint density at radius 1 is 1.32 bits per heavy atom. The fourth-order valence-corrected chi connectivity index (χ4v) is 1.92. The van der Waals surface area contributed by atoms with Gasteiger partial charge in [0.05, 0.1) is 5.69 Å². The van der Waals surface area contributed by atoms with E-state index < -0.39 is 0 Å². The molecule has 2 rings (SSSR count). The van der Waals surface area contributed by atoms with Gasteiger partial charge in [0, 0.05) is 5.54 Å². The van der Waals surface area contributed by atoms with Crippen LogP contribution in [-0.2, 0) is 0 Å². The first-order valence-electron chi connectivity index (χ1n) is 6.50. The maximum absolute atomic E-state index is 5.67. The second-order valence-electron chi connectivity index (χ2n) is 4.83. The van der Waals surface area contributed by atoms with Crippen LogP contribution >= 0.6 is 0 Å². The molecule has 6 heteroatoms. The van der Waals surface area contributed by atoms with Gasteiger partial charge in [-0.05, 0) is 48.9 Å². The summed E-state index contributed by atoms with van der Waals surface area (Å²) in [5.74, 6) is 0.643. The van der Waals surface area contributed by atoms with E-state index in [9.17, 15) is 0 Å². The number of hydrogen-bond acceptors (Lipinski definition) is 5. The normalized spacial score (nSPS) is 14.1. The van der Waals surface area contributed by atoms with Crippen LogP contribution in [0.1, 0.15) is 26.7 Å². The van der Waals surface area contributed by atoms with E-state index in [1.165, 1.54) is 0 Å². The van der Waals surface area contributed by atoms with Crippen LogP contribution in [0.3, 0.4) is 0 Å². The second-order valence-corrected chi connectivity index (χ2v) is 4.83. The molecule has 1 heterocycles. The van der Waals surface area contributed by atoms with Crippen molar-refractivity contribution in [3.63, 3.8) is 0 Å². The highest BCUT2D eigenvalue weighted by atomic mass is 15.6. The Bertz CT molecular complexity index is 509. The highest BCUT2D eigenvalue weighted by molar-refractivity contribution is 5.39. The van der Waals surface area contributed by atoms with Crippen LogP contribution in [0.25, 0.3) is 5.69 Å². The van der Waals surface area contributed by atoms with Crippen LogP contribution in [0, 0.1) is 0 Å². The molecule has 0 radical (unpaired) electrons. The van der Waals surface area contributed by atoms with E-state index in [1.54, 1.807) is 4.68 Å². The van der Waals surface area contributed by atoms with E-state index in [0.29, 0.717) is 12.5 Å². The number of nitrogens with zero attached hydrogens (tertiary/aromatic N) is 4. The standard InChI is InChI=1S/C13H20N6/c1-3-13(2,9-10-14)15-12-16-17-18-19(12)11-7-5-4-6-8-11/h4-8H,3,9-10,14H2,1-2H3,(H,15,16,18). The Morgan fingerprint density at radius 3 is 2.68 bits per heavy atom. The maximum atomic E-state index is 5.67. The third-order valence-electron chi connectivity index (χ3n) is 3.36. The number of rotatable bonds is 6. The van der Waals surface area contributed by atoms with E-state index >= 15 is 0 Å². The Hall–Kier alpha value is -1.95. The first-order valence-corrected chi connectivity index (χ1v) is 6.50. The topological polar surface area (TPSA) is 81.7 Å². The van der Waals surface area contributed by atoms with Crippen molar-refractivity contribution in [1.29, 1.82) is 0 Å². The van der Waals surface area contributed by atoms with Crippen LogP contribution in [0.2, 0.25) is 0 Å². The van der Waals surface area contributed by atoms with Crippen molar-refractivity contribution in [3.05, 3.63) is 30.3 Å². The summed E-state index contributed by atoms with van der Waals surface area (Å²) in [7, 11) is 0. The van der Waals surface area contributed by atoms with Gasteiger partial charge in [-0.25, -0.2) is 0 Å². The molecule has 0 saturated carbocycles. The van der Waals surface area contributed by atoms with Crippen molar-refractivity contribution in [2.24, 2.45) is 5.73 Å². The zero-order valence-corrected chi connectivity index (χ0v) is 11.4. The molecule has 0 aliphatic rings. The first kappa shape index (κ1) is 13.5. The van der Waals surface area contributed by atoms with Gasteiger partial charge in [0.2, 0.25) is 5.95 Å². The van der Waals surface area contributed by atoms with Gasteiger partial charge >= 0.3 is 0 Å². The molecule has 19 heavy (non-hydrogen) atoms. The predicted molar refractivity (Wildman–Crippen MR) is 75.1 cm³/mol. The fraction of sp³-hybridized carbons (Fsp3) is 0.462. The number of tetrazole rings is 1. The first-order chi connectivity index (χ1) is 9.18. The molecular formula is C13H20N6. The Kier molecular flexibility index (Phi) is 4.11. The summed E-state index contributed by atoms with van der Waals surface area (Å²) >= 11 is 0. The molecule has 3 N–H and O–H groups in total. The SMILES string of the molecule is CCC(C)(CCN)Nc1nnnn1-c1ccccc1. The third kappa shape index (κ3) is 3.08. The minimum absolute atomic E-state index is 0.101. The molecule has 0 amide bonds. The molecule has 6 nitrogen and oxygen atoms in total. The summed E-state index contributed by atoms with van der Waals surface area (Å²) in [5.41, 5.74) is 6.50. The molecule has 0 spiro atoms. The van der Waals surface area contributed by atoms with Crippen molar-refractivity contribution >= 4 is 5.95 Å². The molecule has 1 aromatic heterocycles. The number of nitrogens with one attached hydrogen (secondary N) is 1. The summed E-state index contributed by atoms with van der Waals surface area (Å²) in [6.07, 6.45) is 1.82. The van der Waals surface area contributed by atoms with Crippen molar-refractivity contribution in [2.75, 3.05) is 11.9 Å². The minimum Gasteiger partial charge on any atom is -0.348 e. The number of nitrogens with two attached hydrogens (primary N) is 1. The fourth-order valence-electron chi connectivity index (χ4n) is 1.92. The number of anilines is 1. The van der Waals surface area contributed by atoms with Gasteiger partial charge < -0.3 is 11.1 Å². The lowest BCUT2D eigenvalue weighted by Crippen LogP contribution is -2.37. The highest BCUT2D eigenvalue weighted by Crippen LogP contribution is 2.21. The number of para-hydroxylation sites is 1. The molecule has 1 atom stereocenters. The zero-order chi connectivity index (χ0) is 13.7. The molecule has 1 unspecified atom stereocenters. The van der Waals surface area contributed by atoms with Crippen molar-refractivity contribution in [2.45, 2.75) is 32.2 Å². The Balaban J connectivity index is 2.25. The second kappa shape index (κ2) is 5.79. The molecular weight excluding hydrogens is 240 g/mol. The molecule has 2 aromatic rings. The number of benzene rings is 1. The summed E-state index contributed by atoms with van der Waals surface area (Å²) < 4.78 is 1.70. The van der Waals surface area contributed by atoms with Crippen LogP contribution in [0.4, 0.5) is 5.95 Å². The van der Waals surface area contributed by atoms with Gasteiger partial charge in [0.1, 0.15) is 0 Å². The lowest BCUT2D eigenvalue weighted by Gasteiger charge is -2.29. The quantitative estimate of drug-likeness (QED) is 0.824. The predicted octanol–water partition coefficient (Wildman–Crippen LogP) is 1.59. The van der Waals surface area contributed by atoms with Crippen molar-refractivity contribution < 1.29 is 0 Å². The molecule has 0 bridgehead atoms. The van der Waals surface area contributed by atoms with Crippen molar-refractivity contribution in [3.8, 4) is 5.69 Å². The van der Waals surface area contributed by atoms with Crippen LogP contribution in [0.5, 0.6) is 0 Å². The molecule has 1 aromatic carbocycles. The molecule has 0 saturated heterocycles. The van der Waals surface area contributed by atoms with Crippen LogP contribution in [0.15, 0.2) is 30.3 Å². The smallest absolute Gasteiger partial charge is 0.248 e. The van der Waals surface area contributed by atoms with Crippen LogP contribution in [-0.4, -0.2) is 32.3 Å². The van der Waals surface area contributed by atoms with Crippen LogP contribution < -0.4 is 11.1 Å². The number of aromatic nitrogens is 4. The summed E-state index contributed by atoms with van der Waals surface area (Å²) in [6, 6.07) is 9.81. The monoisotopic (exact) mass is 260 g/mol.